The normalized spacial score (nSPS) is 10.7. The van der Waals surface area contributed by atoms with Crippen molar-refractivity contribution in [3.05, 3.63) is 65.7 Å². The molecular weight excluding hydrogens is 356 g/mol. The second-order valence-electron chi connectivity index (χ2n) is 6.57. The molecule has 6 heteroatoms. The molecule has 0 unspecified atom stereocenters. The highest BCUT2D eigenvalue weighted by atomic mass is 16.5. The molecule has 0 radical (unpaired) electrons. The third-order valence-corrected chi connectivity index (χ3v) is 3.93. The van der Waals surface area contributed by atoms with E-state index >= 15 is 0 Å². The van der Waals surface area contributed by atoms with Crippen molar-refractivity contribution >= 4 is 17.9 Å². The summed E-state index contributed by atoms with van der Waals surface area (Å²) in [5, 5.41) is 0. The standard InChI is InChI=1S/C22H26N2O4/c1-16(2)14-15-28-19-11-8-18(9-12-19)22(26)24-23-21(25)13-10-17-6-4-5-7-20(17)27-3/h4-13,16H,14-15H2,1-3H3,(H,23,25)(H,24,26). The monoisotopic (exact) mass is 382 g/mol. The van der Waals surface area contributed by atoms with Crippen molar-refractivity contribution in [3.8, 4) is 11.5 Å². The number of ether oxygens (including phenoxy) is 2. The van der Waals surface area contributed by atoms with Crippen molar-refractivity contribution in [2.24, 2.45) is 5.92 Å². The minimum absolute atomic E-state index is 0.409. The molecule has 2 N–H and O–H groups in total. The summed E-state index contributed by atoms with van der Waals surface area (Å²) in [7, 11) is 1.56. The number of hydrogen-bond donors (Lipinski definition) is 2. The fourth-order valence-corrected chi connectivity index (χ4v) is 2.32. The fraction of sp³-hybridized carbons (Fsp3) is 0.273. The molecule has 0 aliphatic heterocycles. The Kier molecular flexibility index (Phi) is 8.09. The lowest BCUT2D eigenvalue weighted by molar-refractivity contribution is -0.117. The van der Waals surface area contributed by atoms with Crippen molar-refractivity contribution in [3.63, 3.8) is 0 Å². The molecule has 0 bridgehead atoms. The van der Waals surface area contributed by atoms with Gasteiger partial charge in [0, 0.05) is 17.2 Å². The van der Waals surface area contributed by atoms with Crippen LogP contribution in [0, 0.1) is 5.92 Å². The predicted molar refractivity (Wildman–Crippen MR) is 109 cm³/mol. The van der Waals surface area contributed by atoms with E-state index in [1.54, 1.807) is 43.5 Å². The molecule has 2 aromatic carbocycles. The average Bonchev–Trinajstić information content (AvgIpc) is 2.71. The van der Waals surface area contributed by atoms with Crippen LogP contribution in [0.4, 0.5) is 0 Å². The van der Waals surface area contributed by atoms with E-state index in [4.69, 9.17) is 9.47 Å². The molecule has 0 atom stereocenters. The Bertz CT molecular complexity index is 814. The molecule has 2 amide bonds. The largest absolute Gasteiger partial charge is 0.496 e. The number of rotatable bonds is 8. The SMILES string of the molecule is COc1ccccc1C=CC(=O)NNC(=O)c1ccc(OCCC(C)C)cc1. The minimum atomic E-state index is -0.451. The summed E-state index contributed by atoms with van der Waals surface area (Å²) in [6.45, 7) is 4.91. The average molecular weight is 382 g/mol. The quantitative estimate of drug-likeness (QED) is 0.540. The Hall–Kier alpha value is -3.28. The summed E-state index contributed by atoms with van der Waals surface area (Å²) in [4.78, 5) is 24.0. The van der Waals surface area contributed by atoms with Gasteiger partial charge in [0.15, 0.2) is 0 Å². The van der Waals surface area contributed by atoms with E-state index in [0.717, 1.165) is 12.0 Å². The van der Waals surface area contributed by atoms with Gasteiger partial charge in [-0.2, -0.15) is 0 Å². The van der Waals surface area contributed by atoms with Crippen LogP contribution in [-0.2, 0) is 4.79 Å². The molecular formula is C22H26N2O4. The molecule has 0 spiro atoms. The van der Waals surface area contributed by atoms with Crippen molar-refractivity contribution < 1.29 is 19.1 Å². The first-order valence-electron chi connectivity index (χ1n) is 9.14. The Morgan fingerprint density at radius 3 is 2.43 bits per heavy atom. The number of hydrazine groups is 1. The summed E-state index contributed by atoms with van der Waals surface area (Å²) < 4.78 is 10.8. The lowest BCUT2D eigenvalue weighted by atomic mass is 10.1. The third kappa shape index (κ3) is 6.79. The second kappa shape index (κ2) is 10.8. The molecule has 0 aliphatic carbocycles. The zero-order valence-corrected chi connectivity index (χ0v) is 16.4. The molecule has 0 aliphatic rings. The number of hydrogen-bond acceptors (Lipinski definition) is 4. The van der Waals surface area contributed by atoms with E-state index < -0.39 is 11.8 Å². The lowest BCUT2D eigenvalue weighted by Crippen LogP contribution is -2.40. The fourth-order valence-electron chi connectivity index (χ4n) is 2.32. The Balaban J connectivity index is 1.82. The molecule has 0 aromatic heterocycles. The summed E-state index contributed by atoms with van der Waals surface area (Å²) in [5.74, 6) is 1.08. The van der Waals surface area contributed by atoms with Crippen LogP contribution in [0.1, 0.15) is 36.2 Å². The van der Waals surface area contributed by atoms with Crippen LogP contribution in [0.15, 0.2) is 54.6 Å². The first-order chi connectivity index (χ1) is 13.5. The zero-order chi connectivity index (χ0) is 20.4. The van der Waals surface area contributed by atoms with Gasteiger partial charge in [0.2, 0.25) is 0 Å². The van der Waals surface area contributed by atoms with Gasteiger partial charge in [-0.15, -0.1) is 0 Å². The number of carbonyl (C=O) groups excluding carboxylic acids is 2. The van der Waals surface area contributed by atoms with Gasteiger partial charge in [0.05, 0.1) is 13.7 Å². The number of nitrogens with one attached hydrogen (secondary N) is 2. The van der Waals surface area contributed by atoms with Crippen LogP contribution in [0.5, 0.6) is 11.5 Å². The van der Waals surface area contributed by atoms with Crippen LogP contribution < -0.4 is 20.3 Å². The minimum Gasteiger partial charge on any atom is -0.496 e. The summed E-state index contributed by atoms with van der Waals surface area (Å²) in [6, 6.07) is 14.1. The molecule has 0 fully saturated rings. The van der Waals surface area contributed by atoms with Gasteiger partial charge in [-0.05, 0) is 48.7 Å². The predicted octanol–water partition coefficient (Wildman–Crippen LogP) is 3.59. The molecule has 0 saturated carbocycles. The van der Waals surface area contributed by atoms with E-state index in [1.165, 1.54) is 6.08 Å². The molecule has 2 aromatic rings. The first-order valence-corrected chi connectivity index (χ1v) is 9.14. The molecule has 148 valence electrons. The van der Waals surface area contributed by atoms with Gasteiger partial charge < -0.3 is 9.47 Å². The van der Waals surface area contributed by atoms with Gasteiger partial charge in [0.1, 0.15) is 11.5 Å². The maximum absolute atomic E-state index is 12.1. The van der Waals surface area contributed by atoms with E-state index in [9.17, 15) is 9.59 Å². The van der Waals surface area contributed by atoms with E-state index in [-0.39, 0.29) is 0 Å². The molecule has 2 rings (SSSR count). The van der Waals surface area contributed by atoms with Crippen molar-refractivity contribution in [1.82, 2.24) is 10.9 Å². The number of methoxy groups -OCH3 is 1. The highest BCUT2D eigenvalue weighted by molar-refractivity contribution is 5.98. The lowest BCUT2D eigenvalue weighted by Gasteiger charge is -2.09. The van der Waals surface area contributed by atoms with E-state index in [1.807, 2.05) is 18.2 Å². The summed E-state index contributed by atoms with van der Waals surface area (Å²) in [6.07, 6.45) is 3.91. The van der Waals surface area contributed by atoms with Crippen LogP contribution in [0.3, 0.4) is 0 Å². The van der Waals surface area contributed by atoms with Crippen molar-refractivity contribution in [2.45, 2.75) is 20.3 Å². The molecule has 28 heavy (non-hydrogen) atoms. The number of carbonyl (C=O) groups is 2. The van der Waals surface area contributed by atoms with Gasteiger partial charge in [-0.25, -0.2) is 0 Å². The topological polar surface area (TPSA) is 76.7 Å². The Morgan fingerprint density at radius 2 is 1.75 bits per heavy atom. The van der Waals surface area contributed by atoms with Crippen LogP contribution in [0.2, 0.25) is 0 Å². The number of amides is 2. The summed E-state index contributed by atoms with van der Waals surface area (Å²) in [5.41, 5.74) is 5.92. The number of benzene rings is 2. The third-order valence-electron chi connectivity index (χ3n) is 3.93. The summed E-state index contributed by atoms with van der Waals surface area (Å²) >= 11 is 0. The van der Waals surface area contributed by atoms with Gasteiger partial charge in [-0.3, -0.25) is 20.4 Å². The van der Waals surface area contributed by atoms with Gasteiger partial charge in [0.25, 0.3) is 11.8 Å². The Labute approximate surface area is 165 Å². The van der Waals surface area contributed by atoms with E-state index in [0.29, 0.717) is 29.6 Å². The zero-order valence-electron chi connectivity index (χ0n) is 16.4. The van der Waals surface area contributed by atoms with Crippen molar-refractivity contribution in [2.75, 3.05) is 13.7 Å². The van der Waals surface area contributed by atoms with Crippen molar-refractivity contribution in [1.29, 1.82) is 0 Å². The first kappa shape index (κ1) is 21.0. The highest BCUT2D eigenvalue weighted by Crippen LogP contribution is 2.18. The van der Waals surface area contributed by atoms with Crippen LogP contribution in [0.25, 0.3) is 6.08 Å². The van der Waals surface area contributed by atoms with E-state index in [2.05, 4.69) is 24.7 Å². The van der Waals surface area contributed by atoms with Gasteiger partial charge >= 0.3 is 0 Å². The molecule has 6 nitrogen and oxygen atoms in total. The maximum Gasteiger partial charge on any atom is 0.269 e. The Morgan fingerprint density at radius 1 is 1.04 bits per heavy atom. The smallest absolute Gasteiger partial charge is 0.269 e. The van der Waals surface area contributed by atoms with Crippen LogP contribution >= 0.6 is 0 Å². The maximum atomic E-state index is 12.1. The van der Waals surface area contributed by atoms with Crippen LogP contribution in [-0.4, -0.2) is 25.5 Å². The number of para-hydroxylation sites is 1. The molecule has 0 heterocycles. The second-order valence-corrected chi connectivity index (χ2v) is 6.57. The highest BCUT2D eigenvalue weighted by Gasteiger charge is 2.07. The van der Waals surface area contributed by atoms with Gasteiger partial charge in [-0.1, -0.05) is 32.0 Å². The molecule has 0 saturated heterocycles.